The van der Waals surface area contributed by atoms with Gasteiger partial charge in [0.15, 0.2) is 5.84 Å². The number of oxime groups is 1. The molecule has 0 aliphatic heterocycles. The number of nitrogens with zero attached hydrogens (tertiary/aromatic N) is 2. The molecule has 0 atom stereocenters. The van der Waals surface area contributed by atoms with Gasteiger partial charge in [0, 0.05) is 27.6 Å². The number of hydrogen-bond donors (Lipinski definition) is 2. The minimum atomic E-state index is 0.112. The smallest absolute Gasteiger partial charge is 0.172 e. The monoisotopic (exact) mass is 339 g/mol. The summed E-state index contributed by atoms with van der Waals surface area (Å²) in [5.74, 6) is 0.112. The van der Waals surface area contributed by atoms with Crippen LogP contribution < -0.4 is 10.6 Å². The van der Waals surface area contributed by atoms with E-state index in [0.717, 1.165) is 16.7 Å². The molecule has 0 spiro atoms. The Balaban J connectivity index is 2.34. The first-order chi connectivity index (χ1) is 9.11. The zero-order valence-corrected chi connectivity index (χ0v) is 12.8. The summed E-state index contributed by atoms with van der Waals surface area (Å²) in [4.78, 5) is 3.33. The van der Waals surface area contributed by atoms with E-state index in [0.29, 0.717) is 5.56 Å². The molecule has 0 fully saturated rings. The highest BCUT2D eigenvalue weighted by Gasteiger charge is 2.12. The van der Waals surface area contributed by atoms with Crippen molar-refractivity contribution >= 4 is 38.8 Å². The highest BCUT2D eigenvalue weighted by Crippen LogP contribution is 2.26. The summed E-state index contributed by atoms with van der Waals surface area (Å²) in [6.07, 6.45) is 0. The van der Waals surface area contributed by atoms with Crippen LogP contribution in [0.2, 0.25) is 0 Å². The summed E-state index contributed by atoms with van der Waals surface area (Å²) >= 11 is 5.15. The first-order valence-electron chi connectivity index (χ1n) is 5.63. The fourth-order valence-electron chi connectivity index (χ4n) is 1.81. The maximum Gasteiger partial charge on any atom is 0.172 e. The van der Waals surface area contributed by atoms with Gasteiger partial charge in [-0.2, -0.15) is 0 Å². The van der Waals surface area contributed by atoms with Crippen LogP contribution in [0.5, 0.6) is 0 Å². The number of thiophene rings is 1. The molecule has 0 amide bonds. The van der Waals surface area contributed by atoms with E-state index in [9.17, 15) is 0 Å². The predicted octanol–water partition coefficient (Wildman–Crippen LogP) is 3.24. The molecule has 1 heterocycles. The summed E-state index contributed by atoms with van der Waals surface area (Å²) in [6.45, 7) is 0.778. The van der Waals surface area contributed by atoms with Crippen molar-refractivity contribution in [3.8, 4) is 0 Å². The molecule has 0 aliphatic rings. The van der Waals surface area contributed by atoms with Gasteiger partial charge in [-0.1, -0.05) is 27.2 Å². The number of anilines is 1. The van der Waals surface area contributed by atoms with Gasteiger partial charge in [-0.25, -0.2) is 0 Å². The molecule has 1 aromatic carbocycles. The molecule has 4 nitrogen and oxygen atoms in total. The molecule has 0 unspecified atom stereocenters. The molecule has 0 bridgehead atoms. The molecule has 19 heavy (non-hydrogen) atoms. The van der Waals surface area contributed by atoms with Crippen molar-refractivity contribution in [3.05, 3.63) is 50.6 Å². The number of halogens is 1. The van der Waals surface area contributed by atoms with Gasteiger partial charge in [0.2, 0.25) is 0 Å². The van der Waals surface area contributed by atoms with E-state index in [-0.39, 0.29) is 5.84 Å². The normalized spacial score (nSPS) is 11.6. The first kappa shape index (κ1) is 13.9. The Bertz CT molecular complexity index is 584. The van der Waals surface area contributed by atoms with Gasteiger partial charge in [0.05, 0.1) is 6.54 Å². The zero-order valence-electron chi connectivity index (χ0n) is 10.4. The summed E-state index contributed by atoms with van der Waals surface area (Å²) in [5.41, 5.74) is 7.34. The van der Waals surface area contributed by atoms with Crippen LogP contribution in [-0.4, -0.2) is 18.1 Å². The van der Waals surface area contributed by atoms with Gasteiger partial charge in [0.1, 0.15) is 0 Å². The fourth-order valence-corrected chi connectivity index (χ4v) is 2.92. The highest BCUT2D eigenvalue weighted by atomic mass is 79.9. The molecule has 2 aromatic rings. The van der Waals surface area contributed by atoms with Gasteiger partial charge < -0.3 is 15.8 Å². The molecular formula is C13H14BrN3OS. The average Bonchev–Trinajstić information content (AvgIpc) is 2.90. The van der Waals surface area contributed by atoms with E-state index in [1.165, 1.54) is 4.88 Å². The maximum atomic E-state index is 8.86. The van der Waals surface area contributed by atoms with Gasteiger partial charge in [-0.3, -0.25) is 0 Å². The van der Waals surface area contributed by atoms with E-state index < -0.39 is 0 Å². The predicted molar refractivity (Wildman–Crippen MR) is 83.1 cm³/mol. The van der Waals surface area contributed by atoms with Gasteiger partial charge in [0.25, 0.3) is 0 Å². The minimum absolute atomic E-state index is 0.112. The lowest BCUT2D eigenvalue weighted by molar-refractivity contribution is 0.318. The van der Waals surface area contributed by atoms with E-state index in [1.807, 2.05) is 31.3 Å². The summed E-state index contributed by atoms with van der Waals surface area (Å²) < 4.78 is 0.954. The van der Waals surface area contributed by atoms with Crippen LogP contribution in [0.3, 0.4) is 0 Å². The number of benzene rings is 1. The van der Waals surface area contributed by atoms with Crippen LogP contribution in [0.4, 0.5) is 5.69 Å². The second-order valence-electron chi connectivity index (χ2n) is 4.08. The Morgan fingerprint density at radius 3 is 2.89 bits per heavy atom. The number of nitrogens with two attached hydrogens (primary N) is 1. The second kappa shape index (κ2) is 6.08. The lowest BCUT2D eigenvalue weighted by Gasteiger charge is -2.21. The van der Waals surface area contributed by atoms with Crippen LogP contribution in [0.1, 0.15) is 10.4 Å². The van der Waals surface area contributed by atoms with E-state index >= 15 is 0 Å². The lowest BCUT2D eigenvalue weighted by atomic mass is 10.1. The van der Waals surface area contributed by atoms with Crippen molar-refractivity contribution < 1.29 is 5.21 Å². The summed E-state index contributed by atoms with van der Waals surface area (Å²) in [6, 6.07) is 9.78. The molecular weight excluding hydrogens is 326 g/mol. The van der Waals surface area contributed by atoms with E-state index in [4.69, 9.17) is 10.9 Å². The SMILES string of the molecule is CN(Cc1cccs1)c1cc(Br)ccc1/C(N)=N/O. The standard InChI is InChI=1S/C13H14BrN3OS/c1-17(8-10-3-2-6-19-10)12-7-9(14)4-5-11(12)13(15)16-18/h2-7,18H,8H2,1H3,(H2,15,16). The molecule has 100 valence electrons. The van der Waals surface area contributed by atoms with Crippen LogP contribution in [0, 0.1) is 0 Å². The maximum absolute atomic E-state index is 8.86. The molecule has 0 saturated carbocycles. The second-order valence-corrected chi connectivity index (χ2v) is 6.03. The number of amidine groups is 1. The van der Waals surface area contributed by atoms with Crippen LogP contribution in [0.15, 0.2) is 45.3 Å². The number of hydrogen-bond acceptors (Lipinski definition) is 4. The fraction of sp³-hybridized carbons (Fsp3) is 0.154. The molecule has 3 N–H and O–H groups in total. The van der Waals surface area contributed by atoms with Crippen molar-refractivity contribution in [1.29, 1.82) is 0 Å². The van der Waals surface area contributed by atoms with Crippen LogP contribution >= 0.6 is 27.3 Å². The zero-order chi connectivity index (χ0) is 13.8. The van der Waals surface area contributed by atoms with E-state index in [2.05, 4.69) is 37.4 Å². The molecule has 2 rings (SSSR count). The third kappa shape index (κ3) is 3.27. The molecule has 0 saturated heterocycles. The topological polar surface area (TPSA) is 61.8 Å². The van der Waals surface area contributed by atoms with Crippen LogP contribution in [-0.2, 0) is 6.54 Å². The largest absolute Gasteiger partial charge is 0.409 e. The first-order valence-corrected chi connectivity index (χ1v) is 7.30. The highest BCUT2D eigenvalue weighted by molar-refractivity contribution is 9.10. The Kier molecular flexibility index (Phi) is 4.44. The van der Waals surface area contributed by atoms with Crippen molar-refractivity contribution in [2.75, 3.05) is 11.9 Å². The van der Waals surface area contributed by atoms with Crippen molar-refractivity contribution in [2.24, 2.45) is 10.9 Å². The molecule has 1 aromatic heterocycles. The van der Waals surface area contributed by atoms with Gasteiger partial charge >= 0.3 is 0 Å². The Morgan fingerprint density at radius 1 is 1.47 bits per heavy atom. The van der Waals surface area contributed by atoms with Gasteiger partial charge in [-0.05, 0) is 29.6 Å². The van der Waals surface area contributed by atoms with Gasteiger partial charge in [-0.15, -0.1) is 11.3 Å². The summed E-state index contributed by atoms with van der Waals surface area (Å²) in [7, 11) is 1.98. The molecule has 6 heteroatoms. The Morgan fingerprint density at radius 2 is 2.26 bits per heavy atom. The van der Waals surface area contributed by atoms with Crippen molar-refractivity contribution in [2.45, 2.75) is 6.54 Å². The minimum Gasteiger partial charge on any atom is -0.409 e. The third-order valence-corrected chi connectivity index (χ3v) is 4.08. The van der Waals surface area contributed by atoms with E-state index in [1.54, 1.807) is 11.3 Å². The molecule has 0 radical (unpaired) electrons. The van der Waals surface area contributed by atoms with Crippen LogP contribution in [0.25, 0.3) is 0 Å². The van der Waals surface area contributed by atoms with Crippen molar-refractivity contribution in [1.82, 2.24) is 0 Å². The Hall–Kier alpha value is -1.53. The average molecular weight is 340 g/mol. The lowest BCUT2D eigenvalue weighted by Crippen LogP contribution is -2.22. The van der Waals surface area contributed by atoms with Crippen molar-refractivity contribution in [3.63, 3.8) is 0 Å². The summed E-state index contributed by atoms with van der Waals surface area (Å²) in [5, 5.41) is 14.0. The number of rotatable bonds is 4. The third-order valence-electron chi connectivity index (χ3n) is 2.73. The quantitative estimate of drug-likeness (QED) is 0.389. The molecule has 0 aliphatic carbocycles. The Labute approximate surface area is 124 Å².